The standard InChI is InChI=1S/C15H19N3O/c1-3-4-11(2)15(19)17-13-7-5-12(6-8-13)14-9-10-16-18-14/h5-11H,3-4H2,1-2H3,(H,16,18)(H,17,19). The van der Waals surface area contributed by atoms with Crippen molar-refractivity contribution >= 4 is 11.6 Å². The maximum Gasteiger partial charge on any atom is 0.227 e. The molecule has 0 radical (unpaired) electrons. The summed E-state index contributed by atoms with van der Waals surface area (Å²) in [5, 5.41) is 9.76. The zero-order valence-corrected chi connectivity index (χ0v) is 11.3. The Balaban J connectivity index is 2.01. The molecule has 0 aliphatic heterocycles. The Morgan fingerprint density at radius 2 is 2.05 bits per heavy atom. The zero-order chi connectivity index (χ0) is 13.7. The van der Waals surface area contributed by atoms with E-state index in [1.807, 2.05) is 37.3 Å². The fourth-order valence-corrected chi connectivity index (χ4v) is 1.98. The van der Waals surface area contributed by atoms with E-state index < -0.39 is 0 Å². The molecule has 19 heavy (non-hydrogen) atoms. The van der Waals surface area contributed by atoms with Crippen molar-refractivity contribution in [3.8, 4) is 11.3 Å². The number of carbonyl (C=O) groups excluding carboxylic acids is 1. The van der Waals surface area contributed by atoms with Gasteiger partial charge in [-0.05, 0) is 30.2 Å². The number of hydrogen-bond donors (Lipinski definition) is 2. The van der Waals surface area contributed by atoms with Gasteiger partial charge in [0, 0.05) is 17.8 Å². The normalized spacial score (nSPS) is 12.1. The van der Waals surface area contributed by atoms with Crippen LogP contribution in [0.4, 0.5) is 5.69 Å². The summed E-state index contributed by atoms with van der Waals surface area (Å²) in [4.78, 5) is 11.9. The first-order chi connectivity index (χ1) is 9.20. The number of nitrogens with zero attached hydrogens (tertiary/aromatic N) is 1. The first kappa shape index (κ1) is 13.3. The number of amides is 1. The lowest BCUT2D eigenvalue weighted by Gasteiger charge is -2.11. The van der Waals surface area contributed by atoms with E-state index in [4.69, 9.17) is 0 Å². The van der Waals surface area contributed by atoms with Crippen molar-refractivity contribution < 1.29 is 4.79 Å². The lowest BCUT2D eigenvalue weighted by atomic mass is 10.1. The van der Waals surface area contributed by atoms with Gasteiger partial charge >= 0.3 is 0 Å². The Morgan fingerprint density at radius 3 is 2.63 bits per heavy atom. The molecule has 1 unspecified atom stereocenters. The molecule has 0 bridgehead atoms. The molecule has 4 heteroatoms. The van der Waals surface area contributed by atoms with Crippen LogP contribution in [0.15, 0.2) is 36.5 Å². The molecule has 4 nitrogen and oxygen atoms in total. The molecule has 100 valence electrons. The Hall–Kier alpha value is -2.10. The van der Waals surface area contributed by atoms with Gasteiger partial charge in [-0.25, -0.2) is 0 Å². The van der Waals surface area contributed by atoms with Crippen LogP contribution in [-0.4, -0.2) is 16.1 Å². The number of anilines is 1. The third-order valence-electron chi connectivity index (χ3n) is 3.13. The molecule has 0 spiro atoms. The van der Waals surface area contributed by atoms with Gasteiger partial charge in [0.25, 0.3) is 0 Å². The molecule has 1 heterocycles. The molecule has 0 aliphatic rings. The van der Waals surface area contributed by atoms with Gasteiger partial charge < -0.3 is 5.32 Å². The van der Waals surface area contributed by atoms with Crippen LogP contribution in [0, 0.1) is 5.92 Å². The van der Waals surface area contributed by atoms with Crippen molar-refractivity contribution in [1.82, 2.24) is 10.2 Å². The molecule has 1 aromatic carbocycles. The van der Waals surface area contributed by atoms with Crippen LogP contribution in [-0.2, 0) is 4.79 Å². The number of benzene rings is 1. The van der Waals surface area contributed by atoms with Gasteiger partial charge in [0.05, 0.1) is 5.69 Å². The number of H-pyrrole nitrogens is 1. The van der Waals surface area contributed by atoms with Crippen LogP contribution in [0.5, 0.6) is 0 Å². The van der Waals surface area contributed by atoms with Gasteiger partial charge in [0.2, 0.25) is 5.91 Å². The third kappa shape index (κ3) is 3.44. The lowest BCUT2D eigenvalue weighted by Crippen LogP contribution is -2.20. The van der Waals surface area contributed by atoms with E-state index >= 15 is 0 Å². The van der Waals surface area contributed by atoms with E-state index in [-0.39, 0.29) is 11.8 Å². The van der Waals surface area contributed by atoms with Crippen LogP contribution < -0.4 is 5.32 Å². The van der Waals surface area contributed by atoms with Gasteiger partial charge in [-0.3, -0.25) is 9.89 Å². The average Bonchev–Trinajstić information content (AvgIpc) is 2.94. The maximum atomic E-state index is 11.9. The van der Waals surface area contributed by atoms with E-state index in [1.54, 1.807) is 6.20 Å². The van der Waals surface area contributed by atoms with Crippen molar-refractivity contribution in [3.63, 3.8) is 0 Å². The minimum absolute atomic E-state index is 0.0530. The van der Waals surface area contributed by atoms with Crippen molar-refractivity contribution in [2.45, 2.75) is 26.7 Å². The molecule has 1 aromatic heterocycles. The SMILES string of the molecule is CCCC(C)C(=O)Nc1ccc(-c2ccn[nH]2)cc1. The van der Waals surface area contributed by atoms with Crippen molar-refractivity contribution in [2.75, 3.05) is 5.32 Å². The van der Waals surface area contributed by atoms with Gasteiger partial charge in [0.1, 0.15) is 0 Å². The van der Waals surface area contributed by atoms with Crippen molar-refractivity contribution in [3.05, 3.63) is 36.5 Å². The van der Waals surface area contributed by atoms with Crippen molar-refractivity contribution in [1.29, 1.82) is 0 Å². The highest BCUT2D eigenvalue weighted by molar-refractivity contribution is 5.92. The minimum Gasteiger partial charge on any atom is -0.326 e. The Labute approximate surface area is 113 Å². The molecular formula is C15H19N3O. The minimum atomic E-state index is 0.0530. The summed E-state index contributed by atoms with van der Waals surface area (Å²) in [6.45, 7) is 4.04. The Kier molecular flexibility index (Phi) is 4.34. The monoisotopic (exact) mass is 257 g/mol. The van der Waals surface area contributed by atoms with Crippen LogP contribution in [0.2, 0.25) is 0 Å². The summed E-state index contributed by atoms with van der Waals surface area (Å²) in [6.07, 6.45) is 3.66. The third-order valence-corrected chi connectivity index (χ3v) is 3.13. The first-order valence-corrected chi connectivity index (χ1v) is 6.61. The average molecular weight is 257 g/mol. The first-order valence-electron chi connectivity index (χ1n) is 6.61. The number of nitrogens with one attached hydrogen (secondary N) is 2. The molecule has 1 amide bonds. The van der Waals surface area contributed by atoms with Crippen LogP contribution in [0.3, 0.4) is 0 Å². The summed E-state index contributed by atoms with van der Waals surface area (Å²) >= 11 is 0. The van der Waals surface area contributed by atoms with E-state index in [9.17, 15) is 4.79 Å². The number of rotatable bonds is 5. The van der Waals surface area contributed by atoms with Gasteiger partial charge in [0.15, 0.2) is 0 Å². The zero-order valence-electron chi connectivity index (χ0n) is 11.3. The summed E-state index contributed by atoms with van der Waals surface area (Å²) in [5.74, 6) is 0.133. The number of aromatic nitrogens is 2. The number of hydrogen-bond acceptors (Lipinski definition) is 2. The Morgan fingerprint density at radius 1 is 1.32 bits per heavy atom. The largest absolute Gasteiger partial charge is 0.326 e. The Bertz CT molecular complexity index is 517. The van der Waals surface area contributed by atoms with Crippen LogP contribution in [0.1, 0.15) is 26.7 Å². The molecule has 0 saturated heterocycles. The topological polar surface area (TPSA) is 57.8 Å². The second-order valence-corrected chi connectivity index (χ2v) is 4.73. The highest BCUT2D eigenvalue weighted by atomic mass is 16.1. The van der Waals surface area contributed by atoms with E-state index in [2.05, 4.69) is 22.4 Å². The summed E-state index contributed by atoms with van der Waals surface area (Å²) in [5.41, 5.74) is 2.85. The smallest absolute Gasteiger partial charge is 0.227 e. The fraction of sp³-hybridized carbons (Fsp3) is 0.333. The maximum absolute atomic E-state index is 11.9. The highest BCUT2D eigenvalue weighted by Gasteiger charge is 2.11. The summed E-state index contributed by atoms with van der Waals surface area (Å²) < 4.78 is 0. The second-order valence-electron chi connectivity index (χ2n) is 4.73. The second kappa shape index (κ2) is 6.18. The van der Waals surface area contributed by atoms with E-state index in [0.717, 1.165) is 29.8 Å². The molecule has 2 rings (SSSR count). The number of carbonyl (C=O) groups is 1. The van der Waals surface area contributed by atoms with E-state index in [0.29, 0.717) is 0 Å². The number of aromatic amines is 1. The fourth-order valence-electron chi connectivity index (χ4n) is 1.98. The molecule has 0 aliphatic carbocycles. The molecule has 2 aromatic rings. The molecule has 0 fully saturated rings. The van der Waals surface area contributed by atoms with Gasteiger partial charge in [-0.2, -0.15) is 5.10 Å². The summed E-state index contributed by atoms with van der Waals surface area (Å²) in [6, 6.07) is 9.66. The predicted molar refractivity (Wildman–Crippen MR) is 76.7 cm³/mol. The predicted octanol–water partition coefficient (Wildman–Crippen LogP) is 3.45. The van der Waals surface area contributed by atoms with E-state index in [1.165, 1.54) is 0 Å². The summed E-state index contributed by atoms with van der Waals surface area (Å²) in [7, 11) is 0. The van der Waals surface area contributed by atoms with Gasteiger partial charge in [-0.15, -0.1) is 0 Å². The lowest BCUT2D eigenvalue weighted by molar-refractivity contribution is -0.119. The molecule has 2 N–H and O–H groups in total. The van der Waals surface area contributed by atoms with Crippen LogP contribution in [0.25, 0.3) is 11.3 Å². The quantitative estimate of drug-likeness (QED) is 0.861. The molecule has 0 saturated carbocycles. The van der Waals surface area contributed by atoms with Crippen LogP contribution >= 0.6 is 0 Å². The molecular weight excluding hydrogens is 238 g/mol. The van der Waals surface area contributed by atoms with Gasteiger partial charge in [-0.1, -0.05) is 32.4 Å². The highest BCUT2D eigenvalue weighted by Crippen LogP contribution is 2.19. The van der Waals surface area contributed by atoms with Crippen molar-refractivity contribution in [2.24, 2.45) is 5.92 Å². The molecule has 1 atom stereocenters.